The molecule has 4 saturated carbocycles. The van der Waals surface area contributed by atoms with E-state index in [0.29, 0.717) is 25.2 Å². The third-order valence-corrected chi connectivity index (χ3v) is 16.5. The first kappa shape index (κ1) is 43.9. The predicted octanol–water partition coefficient (Wildman–Crippen LogP) is 3.44. The predicted molar refractivity (Wildman–Crippen MR) is 207 cm³/mol. The number of aliphatic hydroxyl groups excluding tert-OH is 3. The van der Waals surface area contributed by atoms with Crippen molar-refractivity contribution in [3.63, 3.8) is 0 Å². The first-order valence-electron chi connectivity index (χ1n) is 22.2. The van der Waals surface area contributed by atoms with Crippen molar-refractivity contribution >= 4 is 11.9 Å². The molecule has 0 aromatic carbocycles. The van der Waals surface area contributed by atoms with Crippen molar-refractivity contribution in [1.29, 1.82) is 0 Å². The van der Waals surface area contributed by atoms with Crippen molar-refractivity contribution in [1.82, 2.24) is 0 Å². The quantitative estimate of drug-likeness (QED) is 0.195. The molecule has 0 radical (unpaired) electrons. The second-order valence-corrected chi connectivity index (χ2v) is 19.6. The van der Waals surface area contributed by atoms with Crippen LogP contribution in [-0.4, -0.2) is 138 Å². The Morgan fingerprint density at radius 3 is 1.85 bits per heavy atom. The molecule has 0 bridgehead atoms. The zero-order valence-corrected chi connectivity index (χ0v) is 35.7. The highest BCUT2D eigenvalue weighted by molar-refractivity contribution is 5.85. The normalized spacial score (nSPS) is 52.5. The highest BCUT2D eigenvalue weighted by atomic mass is 16.7. The Bertz CT molecular complexity index is 1540. The topological polar surface area (TPSA) is 198 Å². The van der Waals surface area contributed by atoms with Crippen molar-refractivity contribution in [3.05, 3.63) is 11.6 Å². The lowest BCUT2D eigenvalue weighted by Crippen LogP contribution is -2.67. The summed E-state index contributed by atoms with van der Waals surface area (Å²) in [5, 5.41) is 45.8. The number of ether oxygens (including phenoxy) is 9. The van der Waals surface area contributed by atoms with Gasteiger partial charge in [0.1, 0.15) is 31.0 Å². The number of hydrogen-bond donors (Lipinski definition) is 4. The summed E-state index contributed by atoms with van der Waals surface area (Å²) in [7, 11) is 1.53. The van der Waals surface area contributed by atoms with Gasteiger partial charge in [-0.05, 0) is 107 Å². The van der Waals surface area contributed by atoms with Crippen LogP contribution in [0.5, 0.6) is 0 Å². The summed E-state index contributed by atoms with van der Waals surface area (Å²) in [4.78, 5) is 24.7. The van der Waals surface area contributed by atoms with Crippen LogP contribution in [0.4, 0.5) is 0 Å². The summed E-state index contributed by atoms with van der Waals surface area (Å²) in [6, 6.07) is 0. The number of methoxy groups -OCH3 is 1. The molecule has 0 spiro atoms. The van der Waals surface area contributed by atoms with Gasteiger partial charge in [0, 0.05) is 44.8 Å². The standard InChI is InChI=1S/C44H68O15/c1-21-39(51-7)31(46)17-37(53-21)58-41-23(3)55-38(19-33(41)48)59-40-22(2)54-36(18-32(40)47)57-27-10-12-42(5)26(15-27)8-9-29-30(42)16-34(56-24(4)45)43(6)28(11-13-44(29,43)50)25-14-35(49)52-20-25/h14,21-23,26-34,36-41,46-48,50H,8-13,15-20H2,1-7H3/t21-,22-,23-,26-,27+,28-,29-,30+,31+,32+,33+,34-,36+,37+,38+,39-,40-,41-,42+,43+,44+/m1/s1. The Morgan fingerprint density at radius 2 is 1.32 bits per heavy atom. The van der Waals surface area contributed by atoms with E-state index in [-0.39, 0.29) is 73.2 Å². The summed E-state index contributed by atoms with van der Waals surface area (Å²) in [5.41, 5.74) is -0.987. The number of hydrogen-bond acceptors (Lipinski definition) is 15. The average molecular weight is 837 g/mol. The van der Waals surface area contributed by atoms with Gasteiger partial charge >= 0.3 is 11.9 Å². The Kier molecular flexibility index (Phi) is 12.5. The van der Waals surface area contributed by atoms with Crippen LogP contribution >= 0.6 is 0 Å². The molecule has 0 aromatic rings. The van der Waals surface area contributed by atoms with Crippen LogP contribution in [0, 0.1) is 34.5 Å². The average Bonchev–Trinajstić information content (AvgIpc) is 3.71. The SMILES string of the molecule is CO[C@H]1[C@@H](O)C[C@H](O[C@H]2[C@@H](O)C[C@H](O[C@H]3[C@@H](O)C[C@H](O[C@H]4CC[C@@]5(C)[C@H](CC[C@@H]6[C@@H]5C[C@@H](OC(C)=O)[C@]5(C)[C@@H](C7=CC(=O)OC7)CC[C@]65O)C4)O[C@@H]3C)O[C@@H]2C)O[C@@H]1C. The maximum Gasteiger partial charge on any atom is 0.331 e. The van der Waals surface area contributed by atoms with Gasteiger partial charge in [0.2, 0.25) is 0 Å². The van der Waals surface area contributed by atoms with Crippen LogP contribution in [0.3, 0.4) is 0 Å². The summed E-state index contributed by atoms with van der Waals surface area (Å²) in [6.45, 7) is 11.5. The van der Waals surface area contributed by atoms with E-state index in [0.717, 1.165) is 37.7 Å². The van der Waals surface area contributed by atoms with E-state index in [4.69, 9.17) is 42.6 Å². The summed E-state index contributed by atoms with van der Waals surface area (Å²) < 4.78 is 54.1. The van der Waals surface area contributed by atoms with Gasteiger partial charge in [-0.1, -0.05) is 13.8 Å². The van der Waals surface area contributed by atoms with E-state index in [2.05, 4.69) is 13.8 Å². The second-order valence-electron chi connectivity index (χ2n) is 19.6. The van der Waals surface area contributed by atoms with Crippen LogP contribution in [0.1, 0.15) is 112 Å². The minimum absolute atomic E-state index is 0.0415. The van der Waals surface area contributed by atoms with Gasteiger partial charge in [-0.25, -0.2) is 4.79 Å². The third kappa shape index (κ3) is 7.84. The fourth-order valence-corrected chi connectivity index (χ4v) is 13.4. The van der Waals surface area contributed by atoms with Crippen LogP contribution in [0.25, 0.3) is 0 Å². The molecule has 4 aliphatic carbocycles. The van der Waals surface area contributed by atoms with E-state index in [1.165, 1.54) is 14.0 Å². The maximum atomic E-state index is 12.9. The van der Waals surface area contributed by atoms with Gasteiger partial charge < -0.3 is 63.1 Å². The molecule has 15 heteroatoms. The van der Waals surface area contributed by atoms with Gasteiger partial charge in [-0.3, -0.25) is 4.79 Å². The van der Waals surface area contributed by atoms with Crippen molar-refractivity contribution < 1.29 is 72.6 Å². The molecule has 4 aliphatic heterocycles. The smallest absolute Gasteiger partial charge is 0.331 e. The number of carbonyl (C=O) groups is 2. The van der Waals surface area contributed by atoms with Crippen molar-refractivity contribution in [2.24, 2.45) is 34.5 Å². The highest BCUT2D eigenvalue weighted by Crippen LogP contribution is 2.70. The zero-order chi connectivity index (χ0) is 42.2. The lowest BCUT2D eigenvalue weighted by atomic mass is 9.42. The number of carbonyl (C=O) groups excluding carboxylic acids is 2. The largest absolute Gasteiger partial charge is 0.462 e. The molecule has 3 saturated heterocycles. The number of esters is 2. The summed E-state index contributed by atoms with van der Waals surface area (Å²) >= 11 is 0. The molecule has 4 N–H and O–H groups in total. The van der Waals surface area contributed by atoms with Crippen molar-refractivity contribution in [2.75, 3.05) is 13.7 Å². The van der Waals surface area contributed by atoms with E-state index in [1.807, 2.05) is 13.8 Å². The Balaban J connectivity index is 0.856. The Labute approximate surface area is 347 Å². The maximum absolute atomic E-state index is 12.9. The molecule has 8 aliphatic rings. The summed E-state index contributed by atoms with van der Waals surface area (Å²) in [6.07, 6.45) is -0.182. The molecule has 15 nitrogen and oxygen atoms in total. The number of fused-ring (bicyclic) bond motifs is 5. The van der Waals surface area contributed by atoms with Crippen LogP contribution in [0.15, 0.2) is 11.6 Å². The van der Waals surface area contributed by atoms with Gasteiger partial charge in [0.25, 0.3) is 0 Å². The monoisotopic (exact) mass is 836 g/mol. The van der Waals surface area contributed by atoms with Gasteiger partial charge in [0.15, 0.2) is 18.9 Å². The van der Waals surface area contributed by atoms with Gasteiger partial charge in [-0.15, -0.1) is 0 Å². The molecule has 7 fully saturated rings. The molecule has 334 valence electrons. The van der Waals surface area contributed by atoms with Crippen LogP contribution < -0.4 is 0 Å². The molecule has 59 heavy (non-hydrogen) atoms. The van der Waals surface area contributed by atoms with Gasteiger partial charge in [-0.2, -0.15) is 0 Å². The van der Waals surface area contributed by atoms with E-state index < -0.39 is 84.8 Å². The summed E-state index contributed by atoms with van der Waals surface area (Å²) in [5.74, 6) is -0.295. The highest BCUT2D eigenvalue weighted by Gasteiger charge is 2.72. The van der Waals surface area contributed by atoms with Gasteiger partial charge in [0.05, 0.1) is 48.3 Å². The third-order valence-electron chi connectivity index (χ3n) is 16.5. The molecular weight excluding hydrogens is 768 g/mol. The van der Waals surface area contributed by atoms with Crippen LogP contribution in [0.2, 0.25) is 0 Å². The fraction of sp³-hybridized carbons (Fsp3) is 0.909. The molecule has 8 rings (SSSR count). The van der Waals surface area contributed by atoms with Crippen molar-refractivity contribution in [3.8, 4) is 0 Å². The minimum Gasteiger partial charge on any atom is -0.462 e. The lowest BCUT2D eigenvalue weighted by molar-refractivity contribution is -0.336. The molecule has 0 aromatic heterocycles. The molecule has 4 heterocycles. The minimum atomic E-state index is -1.05. The Morgan fingerprint density at radius 1 is 0.746 bits per heavy atom. The molecule has 0 unspecified atom stereocenters. The number of rotatable bonds is 9. The lowest BCUT2D eigenvalue weighted by Gasteiger charge is -2.65. The second kappa shape index (κ2) is 16.7. The van der Waals surface area contributed by atoms with E-state index in [1.54, 1.807) is 13.0 Å². The molecule has 21 atom stereocenters. The van der Waals surface area contributed by atoms with E-state index >= 15 is 0 Å². The zero-order valence-electron chi connectivity index (χ0n) is 35.7. The molecular formula is C44H68O15. The number of aliphatic hydroxyl groups is 4. The first-order valence-corrected chi connectivity index (χ1v) is 22.2. The Hall–Kier alpha value is -1.76. The van der Waals surface area contributed by atoms with Crippen molar-refractivity contribution in [2.45, 2.75) is 204 Å². The first-order chi connectivity index (χ1) is 27.9. The van der Waals surface area contributed by atoms with E-state index in [9.17, 15) is 30.0 Å². The fourth-order valence-electron chi connectivity index (χ4n) is 13.4. The number of cyclic esters (lactones) is 1. The van der Waals surface area contributed by atoms with Crippen LogP contribution in [-0.2, 0) is 52.2 Å². The molecule has 0 amide bonds.